The summed E-state index contributed by atoms with van der Waals surface area (Å²) in [6.07, 6.45) is 1.91. The molecule has 0 fully saturated rings. The molecule has 0 bridgehead atoms. The van der Waals surface area contributed by atoms with Crippen LogP contribution in [0.2, 0.25) is 0 Å². The molecule has 3 heteroatoms. The largest absolute Gasteiger partial charge is 0.304 e. The van der Waals surface area contributed by atoms with Crippen molar-refractivity contribution in [3.05, 3.63) is 53.4 Å². The van der Waals surface area contributed by atoms with E-state index in [1.807, 2.05) is 29.8 Å². The molecule has 3 rings (SSSR count). The third-order valence-corrected chi connectivity index (χ3v) is 2.99. The van der Waals surface area contributed by atoms with E-state index in [0.717, 1.165) is 11.3 Å². The number of nitrogens with zero attached hydrogens (tertiary/aromatic N) is 1. The first-order valence-electron chi connectivity index (χ1n) is 4.74. The first-order valence-corrected chi connectivity index (χ1v) is 5.62. The Bertz CT molecular complexity index is 590. The molecule has 16 heavy (non-hydrogen) atoms. The first kappa shape index (κ1) is 11.5. The molecule has 0 unspecified atom stereocenters. The second-order valence-corrected chi connectivity index (χ2v) is 4.07. The molecule has 0 aliphatic heterocycles. The number of thiophene rings is 1. The van der Waals surface area contributed by atoms with Crippen LogP contribution in [0.1, 0.15) is 0 Å². The van der Waals surface area contributed by atoms with Crippen LogP contribution in [0.5, 0.6) is 0 Å². The molecule has 1 aromatic carbocycles. The van der Waals surface area contributed by atoms with E-state index in [0.29, 0.717) is 0 Å². The molecular weight excluding hydrogens is 394 g/mol. The maximum Gasteiger partial charge on any atom is 0.0239 e. The van der Waals surface area contributed by atoms with Gasteiger partial charge in [-0.25, -0.2) is 0 Å². The normalized spacial score (nSPS) is 10.0. The van der Waals surface area contributed by atoms with Crippen molar-refractivity contribution in [2.24, 2.45) is 0 Å². The molecule has 1 nitrogen and oxygen atoms in total. The number of hydrogen-bond donors (Lipinski definition) is 0. The standard InChI is InChI=1S/C13H8NS.Ir/c1-2-4-11-8-14-13(7-10(11)3-1)12-5-6-15-9-12;/h1-8H;/q-1;. The molecule has 3 aromatic rings. The second kappa shape index (κ2) is 4.87. The van der Waals surface area contributed by atoms with Gasteiger partial charge in [0.15, 0.2) is 0 Å². The number of hydrogen-bond acceptors (Lipinski definition) is 2. The summed E-state index contributed by atoms with van der Waals surface area (Å²) in [4.78, 5) is 4.42. The van der Waals surface area contributed by atoms with Crippen LogP contribution in [0.4, 0.5) is 0 Å². The Morgan fingerprint density at radius 3 is 2.62 bits per heavy atom. The van der Waals surface area contributed by atoms with Gasteiger partial charge in [-0.2, -0.15) is 6.07 Å². The number of pyridine rings is 1. The molecule has 2 aromatic heterocycles. The van der Waals surface area contributed by atoms with Crippen LogP contribution >= 0.6 is 11.3 Å². The van der Waals surface area contributed by atoms with E-state index in [1.54, 1.807) is 11.3 Å². The van der Waals surface area contributed by atoms with Gasteiger partial charge in [0.25, 0.3) is 0 Å². The molecule has 1 radical (unpaired) electrons. The minimum Gasteiger partial charge on any atom is -0.304 e. The Morgan fingerprint density at radius 2 is 1.88 bits per heavy atom. The van der Waals surface area contributed by atoms with Gasteiger partial charge in [0, 0.05) is 26.3 Å². The minimum absolute atomic E-state index is 0. The van der Waals surface area contributed by atoms with Crippen molar-refractivity contribution >= 4 is 22.1 Å². The van der Waals surface area contributed by atoms with Crippen LogP contribution in [0.25, 0.3) is 22.0 Å². The topological polar surface area (TPSA) is 12.9 Å². The van der Waals surface area contributed by atoms with E-state index in [4.69, 9.17) is 0 Å². The third-order valence-electron chi connectivity index (χ3n) is 2.38. The average Bonchev–Trinajstić information content (AvgIpc) is 2.82. The predicted molar refractivity (Wildman–Crippen MR) is 63.9 cm³/mol. The molecule has 81 valence electrons. The van der Waals surface area contributed by atoms with Crippen LogP contribution in [0.3, 0.4) is 0 Å². The van der Waals surface area contributed by atoms with E-state index < -0.39 is 0 Å². The van der Waals surface area contributed by atoms with E-state index in [-0.39, 0.29) is 20.1 Å². The van der Waals surface area contributed by atoms with Crippen LogP contribution in [-0.2, 0) is 20.1 Å². The van der Waals surface area contributed by atoms with E-state index >= 15 is 0 Å². The van der Waals surface area contributed by atoms with Gasteiger partial charge in [0.1, 0.15) is 0 Å². The third kappa shape index (κ3) is 2.07. The van der Waals surface area contributed by atoms with Gasteiger partial charge in [-0.1, -0.05) is 35.7 Å². The Balaban J connectivity index is 0.000000963. The fraction of sp³-hybridized carbons (Fsp3) is 0. The number of rotatable bonds is 1. The van der Waals surface area contributed by atoms with E-state index in [9.17, 15) is 0 Å². The second-order valence-electron chi connectivity index (χ2n) is 3.35. The summed E-state index contributed by atoms with van der Waals surface area (Å²) in [5.41, 5.74) is 2.07. The van der Waals surface area contributed by atoms with E-state index in [2.05, 4.69) is 28.6 Å². The molecule has 0 atom stereocenters. The summed E-state index contributed by atoms with van der Waals surface area (Å²) in [6.45, 7) is 0. The van der Waals surface area contributed by atoms with Crippen molar-refractivity contribution in [2.45, 2.75) is 0 Å². The molecule has 0 N–H and O–H groups in total. The van der Waals surface area contributed by atoms with Gasteiger partial charge in [-0.15, -0.1) is 10.9 Å². The smallest absolute Gasteiger partial charge is 0.0239 e. The summed E-state index contributed by atoms with van der Waals surface area (Å²) in [7, 11) is 0. The molecule has 0 amide bonds. The Hall–Kier alpha value is -1.02. The molecule has 2 heterocycles. The van der Waals surface area contributed by atoms with Crippen LogP contribution in [0, 0.1) is 5.38 Å². The van der Waals surface area contributed by atoms with Crippen molar-refractivity contribution in [2.75, 3.05) is 0 Å². The van der Waals surface area contributed by atoms with Gasteiger partial charge in [0.05, 0.1) is 0 Å². The maximum absolute atomic E-state index is 4.42. The van der Waals surface area contributed by atoms with Crippen LogP contribution in [0.15, 0.2) is 48.0 Å². The summed E-state index contributed by atoms with van der Waals surface area (Å²) >= 11 is 1.57. The summed E-state index contributed by atoms with van der Waals surface area (Å²) in [5.74, 6) is 0. The fourth-order valence-corrected chi connectivity index (χ4v) is 2.17. The zero-order valence-electron chi connectivity index (χ0n) is 8.31. The van der Waals surface area contributed by atoms with Crippen molar-refractivity contribution in [3.63, 3.8) is 0 Å². The molecule has 0 spiro atoms. The van der Waals surface area contributed by atoms with Crippen molar-refractivity contribution in [1.29, 1.82) is 0 Å². The predicted octanol–water partition coefficient (Wildman–Crippen LogP) is 3.76. The van der Waals surface area contributed by atoms with Gasteiger partial charge >= 0.3 is 0 Å². The number of aromatic nitrogens is 1. The summed E-state index contributed by atoms with van der Waals surface area (Å²) in [6, 6.07) is 12.4. The van der Waals surface area contributed by atoms with Crippen molar-refractivity contribution < 1.29 is 20.1 Å². The zero-order chi connectivity index (χ0) is 10.1. The molecule has 0 aliphatic rings. The average molecular weight is 402 g/mol. The SMILES string of the molecule is [Ir].[c-]1sccc1-c1cc2ccccc2cn1. The quantitative estimate of drug-likeness (QED) is 0.565. The molecule has 0 aliphatic carbocycles. The Morgan fingerprint density at radius 1 is 1.06 bits per heavy atom. The van der Waals surface area contributed by atoms with Gasteiger partial charge < -0.3 is 4.98 Å². The minimum atomic E-state index is 0. The zero-order valence-corrected chi connectivity index (χ0v) is 11.5. The summed E-state index contributed by atoms with van der Waals surface area (Å²) in [5, 5.41) is 7.62. The van der Waals surface area contributed by atoms with Crippen LogP contribution in [-0.4, -0.2) is 4.98 Å². The number of benzene rings is 1. The number of fused-ring (bicyclic) bond motifs is 1. The van der Waals surface area contributed by atoms with Gasteiger partial charge in [-0.3, -0.25) is 11.3 Å². The maximum atomic E-state index is 4.42. The van der Waals surface area contributed by atoms with Gasteiger partial charge in [-0.05, 0) is 16.5 Å². The first-order chi connectivity index (χ1) is 7.43. The van der Waals surface area contributed by atoms with E-state index in [1.165, 1.54) is 10.8 Å². The van der Waals surface area contributed by atoms with Crippen molar-refractivity contribution in [3.8, 4) is 11.3 Å². The summed E-state index contributed by atoms with van der Waals surface area (Å²) < 4.78 is 0. The van der Waals surface area contributed by atoms with Crippen molar-refractivity contribution in [1.82, 2.24) is 4.98 Å². The molecule has 0 saturated heterocycles. The van der Waals surface area contributed by atoms with Gasteiger partial charge in [0.2, 0.25) is 0 Å². The monoisotopic (exact) mass is 403 g/mol. The van der Waals surface area contributed by atoms with Crippen LogP contribution < -0.4 is 0 Å². The Kier molecular flexibility index (Phi) is 3.49. The molecular formula is C13H8IrNS-. The fourth-order valence-electron chi connectivity index (χ4n) is 1.60. The Labute approximate surface area is 112 Å². The molecule has 0 saturated carbocycles.